The van der Waals surface area contributed by atoms with Gasteiger partial charge in [0.05, 0.1) is 6.04 Å². The molecule has 0 fully saturated rings. The molecule has 1 amide bonds. The molecule has 5 nitrogen and oxygen atoms in total. The van der Waals surface area contributed by atoms with E-state index in [0.29, 0.717) is 5.69 Å². The van der Waals surface area contributed by atoms with Gasteiger partial charge in [-0.15, -0.1) is 0 Å². The van der Waals surface area contributed by atoms with Gasteiger partial charge in [0, 0.05) is 18.2 Å². The number of alkyl halides is 3. The summed E-state index contributed by atoms with van der Waals surface area (Å²) in [5, 5.41) is 9.75. The fourth-order valence-electron chi connectivity index (χ4n) is 3.53. The Hall–Kier alpha value is -3.29. The second kappa shape index (κ2) is 7.51. The smallest absolute Gasteiger partial charge is 0.363 e. The first kappa shape index (κ1) is 20.0. The van der Waals surface area contributed by atoms with E-state index in [1.165, 1.54) is 6.07 Å². The van der Waals surface area contributed by atoms with Crippen LogP contribution in [0.25, 0.3) is 0 Å². The second-order valence-corrected chi connectivity index (χ2v) is 7.58. The van der Waals surface area contributed by atoms with Crippen LogP contribution in [-0.4, -0.2) is 21.9 Å². The van der Waals surface area contributed by atoms with Gasteiger partial charge in [-0.05, 0) is 31.5 Å². The van der Waals surface area contributed by atoms with Gasteiger partial charge in [-0.25, -0.2) is 4.68 Å². The zero-order chi connectivity index (χ0) is 21.5. The molecule has 4 rings (SSSR count). The number of nitrogens with one attached hydrogen (secondary N) is 2. The third kappa shape index (κ3) is 4.03. The van der Waals surface area contributed by atoms with Gasteiger partial charge in [0.15, 0.2) is 11.7 Å². The van der Waals surface area contributed by atoms with Crippen molar-refractivity contribution in [1.82, 2.24) is 9.78 Å². The van der Waals surface area contributed by atoms with E-state index in [-0.39, 0.29) is 17.9 Å². The van der Waals surface area contributed by atoms with Gasteiger partial charge in [-0.1, -0.05) is 47.5 Å². The number of carbonyl (C=O) groups excluding carboxylic acids is 1. The second-order valence-electron chi connectivity index (χ2n) is 7.58. The van der Waals surface area contributed by atoms with Gasteiger partial charge in [-0.2, -0.15) is 18.3 Å². The predicted molar refractivity (Wildman–Crippen MR) is 109 cm³/mol. The molecule has 2 heterocycles. The molecule has 2 aromatic carbocycles. The summed E-state index contributed by atoms with van der Waals surface area (Å²) >= 11 is 0. The highest BCUT2D eigenvalue weighted by Crippen LogP contribution is 2.43. The van der Waals surface area contributed by atoms with E-state index in [4.69, 9.17) is 0 Å². The molecule has 30 heavy (non-hydrogen) atoms. The van der Waals surface area contributed by atoms with E-state index >= 15 is 0 Å². The van der Waals surface area contributed by atoms with Crippen molar-refractivity contribution in [2.24, 2.45) is 0 Å². The molecule has 8 heteroatoms. The number of halogens is 3. The van der Waals surface area contributed by atoms with E-state index in [2.05, 4.69) is 15.7 Å². The van der Waals surface area contributed by atoms with Crippen LogP contribution < -0.4 is 10.6 Å². The fourth-order valence-corrected chi connectivity index (χ4v) is 3.53. The zero-order valence-corrected chi connectivity index (χ0v) is 16.5. The number of aromatic nitrogens is 2. The Labute approximate surface area is 171 Å². The van der Waals surface area contributed by atoms with Crippen LogP contribution in [-0.2, 0) is 0 Å². The highest BCUT2D eigenvalue weighted by Gasteiger charge is 2.46. The first-order valence-corrected chi connectivity index (χ1v) is 9.58. The predicted octanol–water partition coefficient (Wildman–Crippen LogP) is 5.41. The number of anilines is 2. The van der Waals surface area contributed by atoms with Gasteiger partial charge in [-0.3, -0.25) is 4.79 Å². The molecule has 0 aliphatic carbocycles. The van der Waals surface area contributed by atoms with Crippen molar-refractivity contribution in [3.05, 3.63) is 77.0 Å². The number of hydrogen-bond donors (Lipinski definition) is 2. The first-order valence-electron chi connectivity index (χ1n) is 9.58. The van der Waals surface area contributed by atoms with E-state index in [9.17, 15) is 18.0 Å². The lowest BCUT2D eigenvalue weighted by molar-refractivity contribution is -0.173. The van der Waals surface area contributed by atoms with Gasteiger partial charge in [0.2, 0.25) is 0 Å². The molecule has 0 bridgehead atoms. The summed E-state index contributed by atoms with van der Waals surface area (Å²) in [6.07, 6.45) is -4.70. The summed E-state index contributed by atoms with van der Waals surface area (Å²) in [5.41, 5.74) is 3.30. The Kier molecular flexibility index (Phi) is 5.01. The zero-order valence-electron chi connectivity index (χ0n) is 16.5. The topological polar surface area (TPSA) is 59.0 Å². The van der Waals surface area contributed by atoms with Gasteiger partial charge in [0.1, 0.15) is 5.82 Å². The monoisotopic (exact) mass is 414 g/mol. The SMILES string of the molecule is Cc1ccc(NC(=O)c2cc3n(n2)[C@@H](C(F)(F)F)C[C@@H](c2ccc(C)cc2)N3)cc1. The molecule has 0 spiro atoms. The van der Waals surface area contributed by atoms with Crippen LogP contribution in [0.3, 0.4) is 0 Å². The van der Waals surface area contributed by atoms with E-state index < -0.39 is 24.2 Å². The molecule has 2 N–H and O–H groups in total. The number of nitrogens with zero attached hydrogens (tertiary/aromatic N) is 2. The maximum Gasteiger partial charge on any atom is 0.410 e. The molecule has 156 valence electrons. The quantitative estimate of drug-likeness (QED) is 0.602. The van der Waals surface area contributed by atoms with Crippen LogP contribution in [0.5, 0.6) is 0 Å². The minimum absolute atomic E-state index is 0.0723. The summed E-state index contributed by atoms with van der Waals surface area (Å²) in [4.78, 5) is 12.6. The van der Waals surface area contributed by atoms with Crippen LogP contribution in [0.15, 0.2) is 54.6 Å². The number of fused-ring (bicyclic) bond motifs is 1. The van der Waals surface area contributed by atoms with Crippen molar-refractivity contribution in [2.45, 2.75) is 38.5 Å². The Morgan fingerprint density at radius 2 is 1.67 bits per heavy atom. The summed E-state index contributed by atoms with van der Waals surface area (Å²) in [6.45, 7) is 3.84. The molecule has 1 aromatic heterocycles. The van der Waals surface area contributed by atoms with Crippen LogP contribution in [0.1, 0.15) is 45.7 Å². The highest BCUT2D eigenvalue weighted by molar-refractivity contribution is 6.03. The number of carbonyl (C=O) groups is 1. The molecular formula is C22H21F3N4O. The molecule has 0 saturated carbocycles. The van der Waals surface area contributed by atoms with Gasteiger partial charge in [0.25, 0.3) is 5.91 Å². The van der Waals surface area contributed by atoms with Crippen molar-refractivity contribution >= 4 is 17.4 Å². The lowest BCUT2D eigenvalue weighted by atomic mass is 9.96. The van der Waals surface area contributed by atoms with Gasteiger partial charge >= 0.3 is 6.18 Å². The summed E-state index contributed by atoms with van der Waals surface area (Å²) in [6, 6.07) is 13.5. The molecule has 1 aliphatic heterocycles. The first-order chi connectivity index (χ1) is 14.2. The number of hydrogen-bond acceptors (Lipinski definition) is 3. The molecular weight excluding hydrogens is 393 g/mol. The van der Waals surface area contributed by atoms with Crippen LogP contribution in [0.2, 0.25) is 0 Å². The molecule has 2 atom stereocenters. The third-order valence-electron chi connectivity index (χ3n) is 5.21. The van der Waals surface area contributed by atoms with Crippen LogP contribution >= 0.6 is 0 Å². The molecule has 0 saturated heterocycles. The van der Waals surface area contributed by atoms with E-state index in [1.54, 1.807) is 12.1 Å². The van der Waals surface area contributed by atoms with Crippen molar-refractivity contribution < 1.29 is 18.0 Å². The number of amides is 1. The van der Waals surface area contributed by atoms with Crippen molar-refractivity contribution in [3.63, 3.8) is 0 Å². The van der Waals surface area contributed by atoms with Crippen molar-refractivity contribution in [2.75, 3.05) is 10.6 Å². The minimum atomic E-state index is -4.49. The van der Waals surface area contributed by atoms with E-state index in [0.717, 1.165) is 21.4 Å². The highest BCUT2D eigenvalue weighted by atomic mass is 19.4. The molecule has 0 radical (unpaired) electrons. The lowest BCUT2D eigenvalue weighted by Gasteiger charge is -2.33. The normalized spacial score (nSPS) is 18.4. The summed E-state index contributed by atoms with van der Waals surface area (Å²) in [7, 11) is 0. The fraction of sp³-hybridized carbons (Fsp3) is 0.273. The Morgan fingerprint density at radius 3 is 2.27 bits per heavy atom. The third-order valence-corrected chi connectivity index (χ3v) is 5.21. The largest absolute Gasteiger partial charge is 0.410 e. The number of aryl methyl sites for hydroxylation is 2. The maximum absolute atomic E-state index is 13.8. The average Bonchev–Trinajstić information content (AvgIpc) is 3.13. The lowest BCUT2D eigenvalue weighted by Crippen LogP contribution is -2.35. The van der Waals surface area contributed by atoms with Gasteiger partial charge < -0.3 is 10.6 Å². The van der Waals surface area contributed by atoms with E-state index in [1.807, 2.05) is 50.2 Å². The van der Waals surface area contributed by atoms with Crippen molar-refractivity contribution in [1.29, 1.82) is 0 Å². The van der Waals surface area contributed by atoms with Crippen LogP contribution in [0, 0.1) is 13.8 Å². The Bertz CT molecular complexity index is 1060. The summed E-state index contributed by atoms with van der Waals surface area (Å²) in [5.74, 6) is -0.390. The average molecular weight is 414 g/mol. The van der Waals surface area contributed by atoms with Crippen molar-refractivity contribution in [3.8, 4) is 0 Å². The number of rotatable bonds is 3. The standard InChI is InChI=1S/C22H21F3N4O/c1-13-3-7-15(8-4-13)17-11-19(22(23,24)25)29-20(27-17)12-18(28-29)21(30)26-16-9-5-14(2)6-10-16/h3-10,12,17,19,27H,11H2,1-2H3,(H,26,30)/t17-,19+/m0/s1. The maximum atomic E-state index is 13.8. The number of benzene rings is 2. The molecule has 0 unspecified atom stereocenters. The molecule has 1 aliphatic rings. The molecule has 3 aromatic rings. The Balaban J connectivity index is 1.63. The van der Waals surface area contributed by atoms with Crippen LogP contribution in [0.4, 0.5) is 24.7 Å². The minimum Gasteiger partial charge on any atom is -0.363 e. The Morgan fingerprint density at radius 1 is 1.07 bits per heavy atom. The summed E-state index contributed by atoms with van der Waals surface area (Å²) < 4.78 is 42.2.